The molecule has 0 fully saturated rings. The Hall–Kier alpha value is -0.480. The van der Waals surface area contributed by atoms with Gasteiger partial charge in [-0.15, -0.1) is 0 Å². The molecule has 1 heterocycles. The smallest absolute Gasteiger partial charge is 0.263 e. The number of aromatic nitrogens is 1. The Bertz CT molecular complexity index is 727. The van der Waals surface area contributed by atoms with Crippen LogP contribution in [0.15, 0.2) is 10.6 Å². The van der Waals surface area contributed by atoms with Gasteiger partial charge in [-0.2, -0.15) is 0 Å². The number of unbranched alkanes of at least 4 members (excludes halogenated alkanes) is 8. The van der Waals surface area contributed by atoms with E-state index in [1.54, 1.807) is 6.20 Å². The summed E-state index contributed by atoms with van der Waals surface area (Å²) in [6.45, 7) is 3.07. The standard InChI is InChI=1S/C24H45N2O4S.HI/c1-5-6-7-8-9-10-11-12-13-17-23(27)24-25-21-22(30-24)16-14-19-31(28,29)20-15-18-26(2,3)4;/h21H,5-20H2,1-4H3;1H/q+1;/p-1. The predicted octanol–water partition coefficient (Wildman–Crippen LogP) is 2.23. The highest BCUT2D eigenvalue weighted by Crippen LogP contribution is 2.14. The van der Waals surface area contributed by atoms with Crippen LogP contribution in [0.2, 0.25) is 0 Å². The number of rotatable bonds is 19. The van der Waals surface area contributed by atoms with Crippen molar-refractivity contribution in [3.05, 3.63) is 17.8 Å². The average molecular weight is 585 g/mol. The third-order valence-corrected chi connectivity index (χ3v) is 7.28. The molecule has 0 amide bonds. The highest BCUT2D eigenvalue weighted by molar-refractivity contribution is 7.91. The number of carbonyl (C=O) groups excluding carboxylic acids is 1. The van der Waals surface area contributed by atoms with Gasteiger partial charge in [0.05, 0.1) is 45.4 Å². The number of sulfone groups is 1. The van der Waals surface area contributed by atoms with Gasteiger partial charge in [0.25, 0.3) is 5.89 Å². The average Bonchev–Trinajstić information content (AvgIpc) is 3.14. The van der Waals surface area contributed by atoms with E-state index in [0.29, 0.717) is 31.4 Å². The van der Waals surface area contributed by atoms with Crippen LogP contribution in [0.1, 0.15) is 100 Å². The van der Waals surface area contributed by atoms with Gasteiger partial charge in [-0.05, 0) is 12.8 Å². The summed E-state index contributed by atoms with van der Waals surface area (Å²) in [5.41, 5.74) is 0. The van der Waals surface area contributed by atoms with Gasteiger partial charge in [0.15, 0.2) is 9.84 Å². The van der Waals surface area contributed by atoms with Gasteiger partial charge in [0, 0.05) is 19.3 Å². The summed E-state index contributed by atoms with van der Waals surface area (Å²) >= 11 is 0. The van der Waals surface area contributed by atoms with E-state index >= 15 is 0 Å². The van der Waals surface area contributed by atoms with Gasteiger partial charge in [-0.1, -0.05) is 58.3 Å². The van der Waals surface area contributed by atoms with Crippen LogP contribution in [0.4, 0.5) is 0 Å². The molecule has 0 saturated heterocycles. The third kappa shape index (κ3) is 16.2. The molecule has 8 heteroatoms. The predicted molar refractivity (Wildman–Crippen MR) is 127 cm³/mol. The molecule has 0 saturated carbocycles. The quantitative estimate of drug-likeness (QED) is 0.108. The summed E-state index contributed by atoms with van der Waals surface area (Å²) in [6.07, 6.45) is 14.6. The van der Waals surface area contributed by atoms with E-state index in [1.807, 2.05) is 0 Å². The number of ketones is 1. The van der Waals surface area contributed by atoms with Crippen LogP contribution >= 0.6 is 0 Å². The molecule has 0 bridgehead atoms. The van der Waals surface area contributed by atoms with Crippen LogP contribution in [0, 0.1) is 0 Å². The minimum Gasteiger partial charge on any atom is -1.00 e. The largest absolute Gasteiger partial charge is 1.00 e. The molecule has 1 rings (SSSR count). The van der Waals surface area contributed by atoms with Gasteiger partial charge in [-0.25, -0.2) is 13.4 Å². The lowest BCUT2D eigenvalue weighted by atomic mass is 10.1. The molecule has 1 aromatic rings. The van der Waals surface area contributed by atoms with Crippen molar-refractivity contribution >= 4 is 15.6 Å². The maximum Gasteiger partial charge on any atom is 0.263 e. The molecular weight excluding hydrogens is 539 g/mol. The maximum atomic E-state index is 12.2. The number of oxazole rings is 1. The van der Waals surface area contributed by atoms with Crippen molar-refractivity contribution < 1.29 is 46.1 Å². The third-order valence-electron chi connectivity index (χ3n) is 5.46. The molecule has 188 valence electrons. The van der Waals surface area contributed by atoms with E-state index < -0.39 is 9.84 Å². The van der Waals surface area contributed by atoms with Crippen LogP contribution in [0.25, 0.3) is 0 Å². The number of halogens is 1. The van der Waals surface area contributed by atoms with E-state index in [-0.39, 0.29) is 47.2 Å². The van der Waals surface area contributed by atoms with Gasteiger partial charge >= 0.3 is 0 Å². The van der Waals surface area contributed by atoms with Gasteiger partial charge in [0.2, 0.25) is 5.78 Å². The number of Topliss-reactive ketones (excluding diaryl/α,β-unsaturated/α-hetero) is 1. The van der Waals surface area contributed by atoms with Crippen LogP contribution in [0.5, 0.6) is 0 Å². The van der Waals surface area contributed by atoms with Crippen molar-refractivity contribution in [3.63, 3.8) is 0 Å². The number of quaternary nitrogens is 1. The summed E-state index contributed by atoms with van der Waals surface area (Å²) in [7, 11) is 3.13. The number of hydrogen-bond donors (Lipinski definition) is 0. The lowest BCUT2D eigenvalue weighted by molar-refractivity contribution is -0.870. The van der Waals surface area contributed by atoms with Crippen LogP contribution < -0.4 is 24.0 Å². The Morgan fingerprint density at radius 3 is 2.06 bits per heavy atom. The molecule has 0 aliphatic carbocycles. The Kier molecular flexibility index (Phi) is 16.8. The van der Waals surface area contributed by atoms with Crippen molar-refractivity contribution in [1.29, 1.82) is 0 Å². The van der Waals surface area contributed by atoms with E-state index in [1.165, 1.54) is 44.9 Å². The number of hydrogen-bond acceptors (Lipinski definition) is 5. The molecule has 0 aliphatic rings. The molecule has 0 aromatic carbocycles. The van der Waals surface area contributed by atoms with Crippen molar-refractivity contribution in [2.45, 2.75) is 90.4 Å². The second-order valence-electron chi connectivity index (χ2n) is 9.76. The molecule has 32 heavy (non-hydrogen) atoms. The topological polar surface area (TPSA) is 77.2 Å². The number of nitrogens with zero attached hydrogens (tertiary/aromatic N) is 2. The second-order valence-corrected chi connectivity index (χ2v) is 12.1. The lowest BCUT2D eigenvalue weighted by Gasteiger charge is -2.23. The first kappa shape index (κ1) is 31.5. The summed E-state index contributed by atoms with van der Waals surface area (Å²) in [4.78, 5) is 16.3. The molecule has 6 nitrogen and oxygen atoms in total. The molecule has 0 atom stereocenters. The number of carbonyl (C=O) groups is 1. The molecular formula is C24H45IN2O4S. The van der Waals surface area contributed by atoms with E-state index in [0.717, 1.165) is 23.9 Å². The fraction of sp³-hybridized carbons (Fsp3) is 0.833. The minimum absolute atomic E-state index is 0. The maximum absolute atomic E-state index is 12.2. The first-order chi connectivity index (χ1) is 14.6. The first-order valence-electron chi connectivity index (χ1n) is 12.1. The summed E-state index contributed by atoms with van der Waals surface area (Å²) in [5.74, 6) is 1.08. The molecule has 0 spiro atoms. The number of aryl methyl sites for hydroxylation is 1. The zero-order valence-electron chi connectivity index (χ0n) is 20.7. The van der Waals surface area contributed by atoms with Crippen molar-refractivity contribution in [1.82, 2.24) is 4.98 Å². The SMILES string of the molecule is CCCCCCCCCCCC(=O)c1ncc(CCCS(=O)(=O)CCC[N+](C)(C)C)o1.[I-]. The molecule has 0 unspecified atom stereocenters. The fourth-order valence-electron chi connectivity index (χ4n) is 3.58. The van der Waals surface area contributed by atoms with Crippen LogP contribution in [0.3, 0.4) is 0 Å². The normalized spacial score (nSPS) is 12.0. The minimum atomic E-state index is -3.05. The van der Waals surface area contributed by atoms with E-state index in [9.17, 15) is 13.2 Å². The van der Waals surface area contributed by atoms with E-state index in [4.69, 9.17) is 4.42 Å². The summed E-state index contributed by atoms with van der Waals surface area (Å²) < 4.78 is 30.7. The molecule has 0 aliphatic heterocycles. The monoisotopic (exact) mass is 584 g/mol. The highest BCUT2D eigenvalue weighted by Gasteiger charge is 2.16. The van der Waals surface area contributed by atoms with Gasteiger partial charge < -0.3 is 32.9 Å². The summed E-state index contributed by atoms with van der Waals surface area (Å²) in [6, 6.07) is 0. The van der Waals surface area contributed by atoms with Crippen molar-refractivity contribution in [2.75, 3.05) is 39.2 Å². The molecule has 1 aromatic heterocycles. The Balaban J connectivity index is 0.00000961. The lowest BCUT2D eigenvalue weighted by Crippen LogP contribution is -3.00. The summed E-state index contributed by atoms with van der Waals surface area (Å²) in [5, 5.41) is 0. The Morgan fingerprint density at radius 1 is 0.906 bits per heavy atom. The van der Waals surface area contributed by atoms with Gasteiger partial charge in [-0.3, -0.25) is 4.79 Å². The zero-order valence-corrected chi connectivity index (χ0v) is 23.7. The van der Waals surface area contributed by atoms with Crippen molar-refractivity contribution in [3.8, 4) is 0 Å². The Labute approximate surface area is 213 Å². The first-order valence-corrected chi connectivity index (χ1v) is 13.9. The highest BCUT2D eigenvalue weighted by atomic mass is 127. The zero-order chi connectivity index (χ0) is 23.2. The molecule has 0 N–H and O–H groups in total. The van der Waals surface area contributed by atoms with Crippen molar-refractivity contribution in [2.24, 2.45) is 0 Å². The fourth-order valence-corrected chi connectivity index (χ4v) is 4.94. The van der Waals surface area contributed by atoms with E-state index in [2.05, 4.69) is 33.1 Å². The van der Waals surface area contributed by atoms with Crippen LogP contribution in [-0.2, 0) is 16.3 Å². The second kappa shape index (κ2) is 17.0. The van der Waals surface area contributed by atoms with Crippen LogP contribution in [-0.4, -0.2) is 62.9 Å². The Morgan fingerprint density at radius 2 is 1.47 bits per heavy atom. The van der Waals surface area contributed by atoms with Gasteiger partial charge in [0.1, 0.15) is 5.76 Å². The molecule has 0 radical (unpaired) electrons.